The van der Waals surface area contributed by atoms with Crippen LogP contribution in [0, 0.1) is 19.7 Å². The number of nitrogens with one attached hydrogen (secondary N) is 2. The van der Waals surface area contributed by atoms with Gasteiger partial charge in [-0.1, -0.05) is 18.2 Å². The van der Waals surface area contributed by atoms with E-state index in [4.69, 9.17) is 0 Å². The monoisotopic (exact) mass is 374 g/mol. The number of halogens is 1. The minimum atomic E-state index is -0.806. The van der Waals surface area contributed by atoms with Gasteiger partial charge in [-0.25, -0.2) is 14.2 Å². The maximum Gasteiger partial charge on any atom is 0.328 e. The quantitative estimate of drug-likeness (QED) is 0.730. The summed E-state index contributed by atoms with van der Waals surface area (Å²) < 4.78 is 14.6. The van der Waals surface area contributed by atoms with Crippen LogP contribution < -0.4 is 16.6 Å². The summed E-state index contributed by atoms with van der Waals surface area (Å²) in [6.45, 7) is 3.39. The SMILES string of the molecule is Cc1nc(NC(=O)c2c[nH]c(=O)n(Cc3ccccc3F)c2=O)sc1C. The van der Waals surface area contributed by atoms with Gasteiger partial charge in [0.2, 0.25) is 0 Å². The largest absolute Gasteiger partial charge is 0.328 e. The molecule has 0 aliphatic rings. The van der Waals surface area contributed by atoms with E-state index in [1.807, 2.05) is 13.8 Å². The number of aryl methyl sites for hydroxylation is 2. The maximum absolute atomic E-state index is 13.8. The highest BCUT2D eigenvalue weighted by molar-refractivity contribution is 7.15. The van der Waals surface area contributed by atoms with Crippen LogP contribution in [0.5, 0.6) is 0 Å². The molecule has 0 radical (unpaired) electrons. The van der Waals surface area contributed by atoms with Gasteiger partial charge >= 0.3 is 5.69 Å². The van der Waals surface area contributed by atoms with Gasteiger partial charge in [0.25, 0.3) is 11.5 Å². The van der Waals surface area contributed by atoms with E-state index in [9.17, 15) is 18.8 Å². The fraction of sp³-hybridized carbons (Fsp3) is 0.176. The van der Waals surface area contributed by atoms with Crippen LogP contribution in [0.25, 0.3) is 0 Å². The summed E-state index contributed by atoms with van der Waals surface area (Å²) in [6, 6.07) is 5.81. The molecule has 7 nitrogen and oxygen atoms in total. The molecule has 2 N–H and O–H groups in total. The molecule has 0 atom stereocenters. The average molecular weight is 374 g/mol. The number of thiazole rings is 1. The van der Waals surface area contributed by atoms with Crippen LogP contribution in [0.15, 0.2) is 40.1 Å². The molecular formula is C17H15FN4O3S. The van der Waals surface area contributed by atoms with Crippen LogP contribution in [0.2, 0.25) is 0 Å². The third-order valence-electron chi connectivity index (χ3n) is 3.84. The van der Waals surface area contributed by atoms with Gasteiger partial charge in [0.05, 0.1) is 12.2 Å². The van der Waals surface area contributed by atoms with Crippen molar-refractivity contribution in [1.82, 2.24) is 14.5 Å². The number of rotatable bonds is 4. The molecule has 1 aromatic carbocycles. The van der Waals surface area contributed by atoms with Crippen molar-refractivity contribution in [3.05, 3.63) is 78.8 Å². The summed E-state index contributed by atoms with van der Waals surface area (Å²) in [5, 5.41) is 2.90. The zero-order chi connectivity index (χ0) is 18.8. The van der Waals surface area contributed by atoms with Crippen LogP contribution in [0.1, 0.15) is 26.5 Å². The van der Waals surface area contributed by atoms with Crippen molar-refractivity contribution in [3.8, 4) is 0 Å². The van der Waals surface area contributed by atoms with Crippen LogP contribution in [0.4, 0.5) is 9.52 Å². The van der Waals surface area contributed by atoms with E-state index in [-0.39, 0.29) is 17.7 Å². The number of hydrogen-bond acceptors (Lipinski definition) is 5. The van der Waals surface area contributed by atoms with Crippen LogP contribution >= 0.6 is 11.3 Å². The molecule has 3 rings (SSSR count). The molecule has 1 amide bonds. The Morgan fingerprint density at radius 1 is 1.31 bits per heavy atom. The van der Waals surface area contributed by atoms with E-state index in [0.29, 0.717) is 5.13 Å². The van der Waals surface area contributed by atoms with Crippen LogP contribution in [-0.2, 0) is 6.54 Å². The smallest absolute Gasteiger partial charge is 0.313 e. The second kappa shape index (κ2) is 7.04. The summed E-state index contributed by atoms with van der Waals surface area (Å²) in [5.41, 5.74) is -0.839. The summed E-state index contributed by atoms with van der Waals surface area (Å²) >= 11 is 1.28. The molecule has 2 heterocycles. The molecule has 9 heteroatoms. The Morgan fingerprint density at radius 2 is 2.04 bits per heavy atom. The lowest BCUT2D eigenvalue weighted by molar-refractivity contribution is 0.102. The third kappa shape index (κ3) is 3.47. The summed E-state index contributed by atoms with van der Waals surface area (Å²) in [4.78, 5) is 44.4. The molecule has 3 aromatic rings. The van der Waals surface area contributed by atoms with Crippen molar-refractivity contribution in [2.75, 3.05) is 5.32 Å². The average Bonchev–Trinajstić information content (AvgIpc) is 2.90. The Hall–Kier alpha value is -3.07. The van der Waals surface area contributed by atoms with Crippen molar-refractivity contribution in [1.29, 1.82) is 0 Å². The Labute approximate surface area is 151 Å². The first-order chi connectivity index (χ1) is 12.4. The topological polar surface area (TPSA) is 96.8 Å². The molecule has 2 aromatic heterocycles. The van der Waals surface area contributed by atoms with Crippen molar-refractivity contribution in [2.24, 2.45) is 0 Å². The molecule has 134 valence electrons. The van der Waals surface area contributed by atoms with Gasteiger partial charge in [0, 0.05) is 16.6 Å². The number of benzene rings is 1. The lowest BCUT2D eigenvalue weighted by atomic mass is 10.2. The van der Waals surface area contributed by atoms with Gasteiger partial charge in [0.1, 0.15) is 11.4 Å². The Balaban J connectivity index is 1.94. The van der Waals surface area contributed by atoms with E-state index in [2.05, 4.69) is 15.3 Å². The first kappa shape index (κ1) is 17.7. The lowest BCUT2D eigenvalue weighted by Crippen LogP contribution is -2.39. The number of aromatic amines is 1. The number of aromatic nitrogens is 3. The Bertz CT molecular complexity index is 1080. The summed E-state index contributed by atoms with van der Waals surface area (Å²) in [5.74, 6) is -1.23. The Morgan fingerprint density at radius 3 is 2.69 bits per heavy atom. The molecule has 26 heavy (non-hydrogen) atoms. The first-order valence-electron chi connectivity index (χ1n) is 7.68. The predicted molar refractivity (Wildman–Crippen MR) is 96.4 cm³/mol. The number of carbonyl (C=O) groups excluding carboxylic acids is 1. The number of carbonyl (C=O) groups is 1. The first-order valence-corrected chi connectivity index (χ1v) is 8.50. The zero-order valence-corrected chi connectivity index (χ0v) is 14.8. The summed E-state index contributed by atoms with van der Waals surface area (Å²) in [6.07, 6.45) is 1.05. The minimum absolute atomic E-state index is 0.170. The molecule has 0 saturated carbocycles. The molecule has 0 saturated heterocycles. The van der Waals surface area contributed by atoms with Gasteiger partial charge in [-0.3, -0.25) is 19.5 Å². The molecule has 0 spiro atoms. The van der Waals surface area contributed by atoms with Gasteiger partial charge in [0.15, 0.2) is 5.13 Å². The Kier molecular flexibility index (Phi) is 4.81. The van der Waals surface area contributed by atoms with Gasteiger partial charge in [-0.2, -0.15) is 0 Å². The fourth-order valence-corrected chi connectivity index (χ4v) is 3.11. The van der Waals surface area contributed by atoms with E-state index < -0.39 is 23.0 Å². The predicted octanol–water partition coefficient (Wildman–Crippen LogP) is 2.05. The van der Waals surface area contributed by atoms with Crippen LogP contribution in [-0.4, -0.2) is 20.4 Å². The number of nitrogens with zero attached hydrogens (tertiary/aromatic N) is 2. The minimum Gasteiger partial charge on any atom is -0.313 e. The maximum atomic E-state index is 13.8. The second-order valence-electron chi connectivity index (χ2n) is 5.60. The van der Waals surface area contributed by atoms with Crippen LogP contribution in [0.3, 0.4) is 0 Å². The molecule has 0 unspecified atom stereocenters. The molecule has 0 bridgehead atoms. The number of H-pyrrole nitrogens is 1. The van der Waals surface area contributed by atoms with E-state index >= 15 is 0 Å². The fourth-order valence-electron chi connectivity index (χ4n) is 2.31. The van der Waals surface area contributed by atoms with E-state index in [1.165, 1.54) is 29.5 Å². The van der Waals surface area contributed by atoms with E-state index in [1.54, 1.807) is 6.07 Å². The van der Waals surface area contributed by atoms with E-state index in [0.717, 1.165) is 21.3 Å². The molecule has 0 aliphatic carbocycles. The summed E-state index contributed by atoms with van der Waals surface area (Å²) in [7, 11) is 0. The number of anilines is 1. The molecular weight excluding hydrogens is 359 g/mol. The highest BCUT2D eigenvalue weighted by atomic mass is 32.1. The van der Waals surface area contributed by atoms with Gasteiger partial charge in [-0.05, 0) is 19.9 Å². The normalized spacial score (nSPS) is 10.7. The molecule has 0 fully saturated rings. The lowest BCUT2D eigenvalue weighted by Gasteiger charge is -2.08. The number of amides is 1. The van der Waals surface area contributed by atoms with Crippen molar-refractivity contribution in [3.63, 3.8) is 0 Å². The van der Waals surface area contributed by atoms with Crippen molar-refractivity contribution < 1.29 is 9.18 Å². The van der Waals surface area contributed by atoms with Gasteiger partial charge < -0.3 is 4.98 Å². The molecule has 0 aliphatic heterocycles. The van der Waals surface area contributed by atoms with Crippen molar-refractivity contribution in [2.45, 2.75) is 20.4 Å². The van der Waals surface area contributed by atoms with Crippen molar-refractivity contribution >= 4 is 22.4 Å². The zero-order valence-electron chi connectivity index (χ0n) is 14.0. The standard InChI is InChI=1S/C17H15FN4O3S/c1-9-10(2)26-16(20-9)21-14(23)12-7-19-17(25)22(15(12)24)8-11-5-3-4-6-13(11)18/h3-7H,8H2,1-2H3,(H,19,25)(H,20,21,23). The second-order valence-corrected chi connectivity index (χ2v) is 6.81. The van der Waals surface area contributed by atoms with Gasteiger partial charge in [-0.15, -0.1) is 11.3 Å². The highest BCUT2D eigenvalue weighted by Gasteiger charge is 2.17. The highest BCUT2D eigenvalue weighted by Crippen LogP contribution is 2.21. The number of hydrogen-bond donors (Lipinski definition) is 2. The third-order valence-corrected chi connectivity index (χ3v) is 4.83.